The highest BCUT2D eigenvalue weighted by molar-refractivity contribution is 5.84. The van der Waals surface area contributed by atoms with Crippen LogP contribution in [0, 0.1) is 0 Å². The first-order valence-corrected chi connectivity index (χ1v) is 10.2. The second-order valence-corrected chi connectivity index (χ2v) is 8.53. The molecule has 0 saturated carbocycles. The van der Waals surface area contributed by atoms with E-state index >= 15 is 0 Å². The number of likely N-dealkylation sites (N-methyl/N-ethyl adjacent to an activating group) is 1. The first-order valence-electron chi connectivity index (χ1n) is 10.2. The van der Waals surface area contributed by atoms with Crippen LogP contribution < -0.4 is 5.32 Å². The van der Waals surface area contributed by atoms with Crippen molar-refractivity contribution in [3.05, 3.63) is 59.7 Å². The topological polar surface area (TPSA) is 95.9 Å². The van der Waals surface area contributed by atoms with Gasteiger partial charge in [0.2, 0.25) is 5.91 Å². The summed E-state index contributed by atoms with van der Waals surface area (Å²) in [4.78, 5) is 37.1. The molecule has 0 saturated heterocycles. The molecule has 0 aromatic heterocycles. The Morgan fingerprint density at radius 3 is 2.10 bits per heavy atom. The number of carbonyl (C=O) groups excluding carboxylic acids is 2. The number of carbonyl (C=O) groups is 3. The molecule has 0 aliphatic heterocycles. The average molecular weight is 424 g/mol. The van der Waals surface area contributed by atoms with Crippen molar-refractivity contribution >= 4 is 18.0 Å². The van der Waals surface area contributed by atoms with Crippen molar-refractivity contribution in [2.24, 2.45) is 0 Å². The van der Waals surface area contributed by atoms with Crippen LogP contribution in [0.5, 0.6) is 0 Å². The Bertz CT molecular complexity index is 955. The highest BCUT2D eigenvalue weighted by atomic mass is 16.5. The van der Waals surface area contributed by atoms with Crippen molar-refractivity contribution in [1.82, 2.24) is 10.2 Å². The van der Waals surface area contributed by atoms with Crippen LogP contribution in [0.25, 0.3) is 11.1 Å². The van der Waals surface area contributed by atoms with E-state index in [0.717, 1.165) is 27.2 Å². The molecule has 1 atom stereocenters. The lowest BCUT2D eigenvalue weighted by Gasteiger charge is -2.29. The van der Waals surface area contributed by atoms with Crippen LogP contribution in [0.1, 0.15) is 44.2 Å². The minimum Gasteiger partial charge on any atom is -0.480 e. The van der Waals surface area contributed by atoms with Crippen molar-refractivity contribution < 1.29 is 24.2 Å². The van der Waals surface area contributed by atoms with Crippen LogP contribution in [0.2, 0.25) is 0 Å². The maximum absolute atomic E-state index is 12.5. The number of rotatable bonds is 7. The monoisotopic (exact) mass is 424 g/mol. The maximum Gasteiger partial charge on any atom is 0.407 e. The summed E-state index contributed by atoms with van der Waals surface area (Å²) in [5.74, 6) is -1.51. The van der Waals surface area contributed by atoms with Gasteiger partial charge < -0.3 is 20.1 Å². The summed E-state index contributed by atoms with van der Waals surface area (Å²) < 4.78 is 5.53. The molecule has 31 heavy (non-hydrogen) atoms. The van der Waals surface area contributed by atoms with Crippen LogP contribution in [0.15, 0.2) is 48.5 Å². The molecule has 2 N–H and O–H groups in total. The van der Waals surface area contributed by atoms with Gasteiger partial charge in [-0.2, -0.15) is 0 Å². The summed E-state index contributed by atoms with van der Waals surface area (Å²) in [6, 6.07) is 15.2. The first kappa shape index (κ1) is 22.3. The molecule has 2 amide bonds. The summed E-state index contributed by atoms with van der Waals surface area (Å²) in [6.07, 6.45) is -0.667. The van der Waals surface area contributed by atoms with Gasteiger partial charge in [-0.15, -0.1) is 0 Å². The largest absolute Gasteiger partial charge is 0.480 e. The van der Waals surface area contributed by atoms with Crippen LogP contribution in [-0.2, 0) is 14.3 Å². The van der Waals surface area contributed by atoms with E-state index in [0.29, 0.717) is 0 Å². The summed E-state index contributed by atoms with van der Waals surface area (Å²) >= 11 is 0. The Hall–Kier alpha value is -3.35. The number of aliphatic carboxylic acids is 1. The Morgan fingerprint density at radius 2 is 1.58 bits per heavy atom. The highest BCUT2D eigenvalue weighted by Crippen LogP contribution is 2.44. The number of ether oxygens (including phenoxy) is 1. The number of amides is 2. The van der Waals surface area contributed by atoms with Gasteiger partial charge >= 0.3 is 12.1 Å². The van der Waals surface area contributed by atoms with Gasteiger partial charge in [0.25, 0.3) is 0 Å². The fourth-order valence-corrected chi connectivity index (χ4v) is 3.84. The van der Waals surface area contributed by atoms with E-state index in [-0.39, 0.29) is 24.9 Å². The molecule has 1 aliphatic carbocycles. The molecular weight excluding hydrogens is 396 g/mol. The molecule has 2 aromatic rings. The summed E-state index contributed by atoms with van der Waals surface area (Å²) in [7, 11) is 1.44. The van der Waals surface area contributed by atoms with E-state index in [1.54, 1.807) is 13.8 Å². The SMILES string of the molecule is CC(C(=O)O)N(C)C(=O)CC(C)(C)NC(=O)OCC1c2ccccc2-c2ccccc21. The molecule has 0 fully saturated rings. The number of hydrogen-bond donors (Lipinski definition) is 2. The van der Waals surface area contributed by atoms with Gasteiger partial charge in [-0.3, -0.25) is 4.79 Å². The van der Waals surface area contributed by atoms with Gasteiger partial charge in [-0.25, -0.2) is 9.59 Å². The molecule has 7 heteroatoms. The Balaban J connectivity index is 1.61. The van der Waals surface area contributed by atoms with Crippen molar-refractivity contribution in [1.29, 1.82) is 0 Å². The molecule has 0 bridgehead atoms. The number of carboxylic acids is 1. The van der Waals surface area contributed by atoms with Crippen LogP contribution in [0.4, 0.5) is 4.79 Å². The van der Waals surface area contributed by atoms with E-state index in [2.05, 4.69) is 17.4 Å². The second kappa shape index (κ2) is 8.79. The number of carboxylic acid groups (broad SMARTS) is 1. The van der Waals surface area contributed by atoms with Gasteiger partial charge in [0.05, 0.1) is 0 Å². The van der Waals surface area contributed by atoms with E-state index in [9.17, 15) is 14.4 Å². The second-order valence-electron chi connectivity index (χ2n) is 8.53. The van der Waals surface area contributed by atoms with Crippen LogP contribution >= 0.6 is 0 Å². The zero-order valence-corrected chi connectivity index (χ0v) is 18.2. The fraction of sp³-hybridized carbons (Fsp3) is 0.375. The molecular formula is C24H28N2O5. The van der Waals surface area contributed by atoms with Crippen LogP contribution in [-0.4, -0.2) is 53.2 Å². The summed E-state index contributed by atoms with van der Waals surface area (Å²) in [5, 5.41) is 11.8. The highest BCUT2D eigenvalue weighted by Gasteiger charge is 2.32. The van der Waals surface area contributed by atoms with Gasteiger partial charge in [-0.1, -0.05) is 48.5 Å². The van der Waals surface area contributed by atoms with Crippen molar-refractivity contribution in [2.45, 2.75) is 44.7 Å². The number of alkyl carbamates (subject to hydrolysis) is 1. The lowest BCUT2D eigenvalue weighted by atomic mass is 9.98. The Morgan fingerprint density at radius 1 is 1.06 bits per heavy atom. The predicted molar refractivity (Wildman–Crippen MR) is 117 cm³/mol. The molecule has 3 rings (SSSR count). The molecule has 0 spiro atoms. The van der Waals surface area contributed by atoms with E-state index in [1.807, 2.05) is 36.4 Å². The average Bonchev–Trinajstić information content (AvgIpc) is 3.04. The van der Waals surface area contributed by atoms with E-state index in [1.165, 1.54) is 14.0 Å². The smallest absolute Gasteiger partial charge is 0.407 e. The zero-order valence-electron chi connectivity index (χ0n) is 18.2. The summed E-state index contributed by atoms with van der Waals surface area (Å²) in [6.45, 7) is 5.02. The molecule has 1 unspecified atom stereocenters. The maximum atomic E-state index is 12.5. The van der Waals surface area contributed by atoms with Gasteiger partial charge in [0.1, 0.15) is 12.6 Å². The zero-order chi connectivity index (χ0) is 22.8. The standard InChI is InChI=1S/C24H28N2O5/c1-15(22(28)29)26(4)21(27)13-24(2,3)25-23(30)31-14-20-18-11-7-5-9-16(18)17-10-6-8-12-19(17)20/h5-12,15,20H,13-14H2,1-4H3,(H,25,30)(H,28,29). The lowest BCUT2D eigenvalue weighted by Crippen LogP contribution is -2.49. The third kappa shape index (κ3) is 4.87. The first-order chi connectivity index (χ1) is 14.6. The van der Waals surface area contributed by atoms with Gasteiger partial charge in [-0.05, 0) is 43.0 Å². The minimum absolute atomic E-state index is 0.0503. The molecule has 164 valence electrons. The predicted octanol–water partition coefficient (Wildman–Crippen LogP) is 3.63. The third-order valence-electron chi connectivity index (χ3n) is 5.71. The van der Waals surface area contributed by atoms with Crippen LogP contribution in [0.3, 0.4) is 0 Å². The molecule has 1 aliphatic rings. The van der Waals surface area contributed by atoms with Crippen molar-refractivity contribution in [3.63, 3.8) is 0 Å². The number of hydrogen-bond acceptors (Lipinski definition) is 4. The number of nitrogens with one attached hydrogen (secondary N) is 1. The molecule has 2 aromatic carbocycles. The third-order valence-corrected chi connectivity index (χ3v) is 5.71. The Labute approximate surface area is 182 Å². The number of fused-ring (bicyclic) bond motifs is 3. The molecule has 0 radical (unpaired) electrons. The summed E-state index contributed by atoms with van der Waals surface area (Å²) in [5.41, 5.74) is 3.64. The number of benzene rings is 2. The normalized spacial score (nSPS) is 13.7. The van der Waals surface area contributed by atoms with Gasteiger partial charge in [0, 0.05) is 24.9 Å². The Kier molecular flexibility index (Phi) is 6.34. The lowest BCUT2D eigenvalue weighted by molar-refractivity contribution is -0.148. The minimum atomic E-state index is -1.09. The van der Waals surface area contributed by atoms with E-state index < -0.39 is 23.6 Å². The van der Waals surface area contributed by atoms with Crippen molar-refractivity contribution in [3.8, 4) is 11.1 Å². The quantitative estimate of drug-likeness (QED) is 0.708. The van der Waals surface area contributed by atoms with E-state index in [4.69, 9.17) is 9.84 Å². The molecule has 0 heterocycles. The van der Waals surface area contributed by atoms with Crippen molar-refractivity contribution in [2.75, 3.05) is 13.7 Å². The fourth-order valence-electron chi connectivity index (χ4n) is 3.84. The molecule has 7 nitrogen and oxygen atoms in total. The van der Waals surface area contributed by atoms with Gasteiger partial charge in [0.15, 0.2) is 0 Å². The number of nitrogens with zero attached hydrogens (tertiary/aromatic N) is 1.